The average Bonchev–Trinajstić information content (AvgIpc) is 3.29. The normalized spacial score (nSPS) is 18.6. The number of ether oxygens (including phenoxy) is 1. The largest absolute Gasteiger partial charge is 0.378 e. The van der Waals surface area contributed by atoms with Crippen molar-refractivity contribution in [2.45, 2.75) is 32.9 Å². The highest BCUT2D eigenvalue weighted by Crippen LogP contribution is 2.36. The van der Waals surface area contributed by atoms with E-state index in [2.05, 4.69) is 70.1 Å². The molecule has 0 unspecified atom stereocenters. The number of nitrogens with one attached hydrogen (secondary N) is 1. The summed E-state index contributed by atoms with van der Waals surface area (Å²) in [5.74, 6) is 1.92. The summed E-state index contributed by atoms with van der Waals surface area (Å²) in [7, 11) is 0. The van der Waals surface area contributed by atoms with Crippen LogP contribution in [0.1, 0.15) is 22.4 Å². The van der Waals surface area contributed by atoms with Gasteiger partial charge in [-0.15, -0.1) is 0 Å². The van der Waals surface area contributed by atoms with E-state index in [0.717, 1.165) is 86.6 Å². The maximum atomic E-state index is 6.41. The van der Waals surface area contributed by atoms with Crippen LogP contribution >= 0.6 is 11.6 Å². The number of piperazine rings is 1. The maximum Gasteiger partial charge on any atom is 0.162 e. The molecule has 38 heavy (non-hydrogen) atoms. The quantitative estimate of drug-likeness (QED) is 0.403. The van der Waals surface area contributed by atoms with E-state index in [1.54, 1.807) is 0 Å². The highest BCUT2D eigenvalue weighted by Gasteiger charge is 2.32. The number of H-pyrrole nitrogens is 1. The zero-order chi connectivity index (χ0) is 25.8. The Labute approximate surface area is 228 Å². The molecule has 3 aliphatic rings. The number of aromatic amines is 1. The molecule has 7 nitrogen and oxygen atoms in total. The van der Waals surface area contributed by atoms with E-state index in [9.17, 15) is 0 Å². The number of hydrogen-bond donors (Lipinski definition) is 1. The minimum atomic E-state index is 0.572. The summed E-state index contributed by atoms with van der Waals surface area (Å²) in [5, 5.41) is 1.98. The molecule has 2 fully saturated rings. The molecule has 7 rings (SSSR count). The van der Waals surface area contributed by atoms with E-state index in [4.69, 9.17) is 26.3 Å². The van der Waals surface area contributed by atoms with Crippen molar-refractivity contribution in [3.8, 4) is 11.4 Å². The first-order chi connectivity index (χ1) is 18.5. The zero-order valence-corrected chi connectivity index (χ0v) is 22.8. The molecule has 3 aliphatic heterocycles. The Morgan fingerprint density at radius 1 is 0.947 bits per heavy atom. The fraction of sp³-hybridized carbons (Fsp3) is 0.400. The van der Waals surface area contributed by atoms with Crippen molar-refractivity contribution in [2.75, 3.05) is 55.7 Å². The molecule has 196 valence electrons. The Bertz CT molecular complexity index is 1500. The van der Waals surface area contributed by atoms with Crippen LogP contribution in [0.3, 0.4) is 0 Å². The van der Waals surface area contributed by atoms with Gasteiger partial charge >= 0.3 is 0 Å². The van der Waals surface area contributed by atoms with Crippen LogP contribution in [0.15, 0.2) is 42.6 Å². The Morgan fingerprint density at radius 3 is 2.58 bits per heavy atom. The molecule has 8 heteroatoms. The fourth-order valence-corrected chi connectivity index (χ4v) is 6.35. The maximum absolute atomic E-state index is 6.41. The van der Waals surface area contributed by atoms with Gasteiger partial charge in [0.05, 0.1) is 24.9 Å². The second kappa shape index (κ2) is 9.56. The summed E-state index contributed by atoms with van der Waals surface area (Å²) < 4.78 is 5.46. The lowest BCUT2D eigenvalue weighted by Gasteiger charge is -2.43. The van der Waals surface area contributed by atoms with E-state index in [-0.39, 0.29) is 0 Å². The molecule has 0 spiro atoms. The predicted octanol–water partition coefficient (Wildman–Crippen LogP) is 4.98. The Hall–Kier alpha value is -3.13. The zero-order valence-electron chi connectivity index (χ0n) is 22.0. The van der Waals surface area contributed by atoms with Crippen molar-refractivity contribution < 1.29 is 4.74 Å². The molecule has 0 atom stereocenters. The van der Waals surface area contributed by atoms with Gasteiger partial charge < -0.3 is 19.5 Å². The van der Waals surface area contributed by atoms with Gasteiger partial charge in [-0.3, -0.25) is 4.90 Å². The number of fused-ring (bicyclic) bond motifs is 2. The van der Waals surface area contributed by atoms with Crippen molar-refractivity contribution in [3.05, 3.63) is 70.0 Å². The number of hydrogen-bond acceptors (Lipinski definition) is 6. The van der Waals surface area contributed by atoms with Crippen molar-refractivity contribution in [3.63, 3.8) is 0 Å². The predicted molar refractivity (Wildman–Crippen MR) is 153 cm³/mol. The average molecular weight is 529 g/mol. The first-order valence-electron chi connectivity index (χ1n) is 13.6. The molecule has 2 aromatic carbocycles. The number of benzene rings is 2. The van der Waals surface area contributed by atoms with Crippen molar-refractivity contribution in [1.82, 2.24) is 19.9 Å². The first kappa shape index (κ1) is 23.9. The molecule has 2 saturated heterocycles. The van der Waals surface area contributed by atoms with Crippen LogP contribution in [0.5, 0.6) is 0 Å². The van der Waals surface area contributed by atoms with Crippen LogP contribution in [-0.2, 0) is 17.7 Å². The van der Waals surface area contributed by atoms with Gasteiger partial charge in [0.2, 0.25) is 0 Å². The monoisotopic (exact) mass is 528 g/mol. The molecule has 0 amide bonds. The van der Waals surface area contributed by atoms with E-state index in [0.29, 0.717) is 6.04 Å². The molecule has 1 N–H and O–H groups in total. The summed E-state index contributed by atoms with van der Waals surface area (Å²) in [6.45, 7) is 11.7. The van der Waals surface area contributed by atoms with E-state index in [1.807, 2.05) is 6.07 Å². The minimum Gasteiger partial charge on any atom is -0.378 e. The summed E-state index contributed by atoms with van der Waals surface area (Å²) in [4.78, 5) is 21.4. The third kappa shape index (κ3) is 4.13. The number of aromatic nitrogens is 3. The van der Waals surface area contributed by atoms with Gasteiger partial charge in [-0.05, 0) is 43.2 Å². The molecule has 4 aromatic rings. The summed E-state index contributed by atoms with van der Waals surface area (Å²) >= 11 is 6.41. The van der Waals surface area contributed by atoms with Crippen LogP contribution in [0, 0.1) is 13.8 Å². The van der Waals surface area contributed by atoms with Crippen molar-refractivity contribution >= 4 is 34.0 Å². The molecule has 2 aromatic heterocycles. The van der Waals surface area contributed by atoms with E-state index >= 15 is 0 Å². The number of aryl methyl sites for hydroxylation is 2. The van der Waals surface area contributed by atoms with Crippen LogP contribution in [0.25, 0.3) is 22.3 Å². The molecule has 5 heterocycles. The second-order valence-corrected chi connectivity index (χ2v) is 11.2. The van der Waals surface area contributed by atoms with Crippen molar-refractivity contribution in [1.29, 1.82) is 0 Å². The molecular formula is C30H33ClN6O. The standard InChI is InChI=1S/C30H33ClN6O/c1-19-6-7-21(31)14-27(19)37-9-8-25-24(16-37)30(36-12-10-35(11-13-36)22-17-38-18-22)34-29(33-25)23-4-3-5-26-28(23)20(2)15-32-26/h3-7,14-15,22,32H,8-13,16-18H2,1-2H3. The third-order valence-corrected chi connectivity index (χ3v) is 8.68. The van der Waals surface area contributed by atoms with E-state index in [1.165, 1.54) is 33.5 Å². The summed E-state index contributed by atoms with van der Waals surface area (Å²) in [6, 6.07) is 13.1. The lowest BCUT2D eigenvalue weighted by atomic mass is 10.0. The van der Waals surface area contributed by atoms with E-state index < -0.39 is 0 Å². The van der Waals surface area contributed by atoms with Crippen LogP contribution < -0.4 is 9.80 Å². The number of nitrogens with zero attached hydrogens (tertiary/aromatic N) is 5. The third-order valence-electron chi connectivity index (χ3n) is 8.44. The summed E-state index contributed by atoms with van der Waals surface area (Å²) in [6.07, 6.45) is 2.95. The van der Waals surface area contributed by atoms with Crippen molar-refractivity contribution in [2.24, 2.45) is 0 Å². The van der Waals surface area contributed by atoms with Gasteiger partial charge in [0.15, 0.2) is 5.82 Å². The highest BCUT2D eigenvalue weighted by molar-refractivity contribution is 6.30. The molecule has 0 radical (unpaired) electrons. The van der Waals surface area contributed by atoms with Crippen LogP contribution in [-0.4, -0.2) is 71.8 Å². The van der Waals surface area contributed by atoms with Gasteiger partial charge in [-0.2, -0.15) is 0 Å². The number of anilines is 2. The first-order valence-corrected chi connectivity index (χ1v) is 14.0. The van der Waals surface area contributed by atoms with Gasteiger partial charge in [0.1, 0.15) is 5.82 Å². The van der Waals surface area contributed by atoms with Crippen LogP contribution in [0.2, 0.25) is 5.02 Å². The van der Waals surface area contributed by atoms with Gasteiger partial charge in [0, 0.05) is 84.6 Å². The fourth-order valence-electron chi connectivity index (χ4n) is 6.18. The SMILES string of the molecule is Cc1ccc(Cl)cc1N1CCc2nc(-c3cccc4[nH]cc(C)c34)nc(N3CCN(C4COC4)CC3)c2C1. The molecule has 0 saturated carbocycles. The smallest absolute Gasteiger partial charge is 0.162 e. The number of rotatable bonds is 4. The van der Waals surface area contributed by atoms with Crippen LogP contribution in [0.4, 0.5) is 11.5 Å². The molecular weight excluding hydrogens is 496 g/mol. The second-order valence-electron chi connectivity index (χ2n) is 10.8. The van der Waals surface area contributed by atoms with Gasteiger partial charge in [-0.1, -0.05) is 29.8 Å². The lowest BCUT2D eigenvalue weighted by Crippen LogP contribution is -2.57. The Kier molecular flexibility index (Phi) is 6.02. The Balaban J connectivity index is 1.30. The topological polar surface area (TPSA) is 60.5 Å². The minimum absolute atomic E-state index is 0.572. The Morgan fingerprint density at radius 2 is 1.79 bits per heavy atom. The molecule has 0 bridgehead atoms. The van der Waals surface area contributed by atoms with Gasteiger partial charge in [-0.25, -0.2) is 9.97 Å². The highest BCUT2D eigenvalue weighted by atomic mass is 35.5. The lowest BCUT2D eigenvalue weighted by molar-refractivity contribution is -0.0661. The number of halogens is 1. The summed E-state index contributed by atoms with van der Waals surface area (Å²) in [5.41, 5.74) is 8.30. The van der Waals surface area contributed by atoms with Gasteiger partial charge in [0.25, 0.3) is 0 Å². The molecule has 0 aliphatic carbocycles.